The highest BCUT2D eigenvalue weighted by atomic mass is 32.2. The van der Waals surface area contributed by atoms with E-state index in [-0.39, 0.29) is 4.90 Å². The van der Waals surface area contributed by atoms with Crippen LogP contribution >= 0.6 is 0 Å². The quantitative estimate of drug-likeness (QED) is 0.296. The number of oxazole rings is 1. The van der Waals surface area contributed by atoms with Gasteiger partial charge in [-0.3, -0.25) is 4.98 Å². The van der Waals surface area contributed by atoms with Crippen molar-refractivity contribution in [1.82, 2.24) is 9.97 Å². The van der Waals surface area contributed by atoms with Gasteiger partial charge >= 0.3 is 0 Å². The minimum absolute atomic E-state index is 0.0203. The zero-order chi connectivity index (χ0) is 27.3. The van der Waals surface area contributed by atoms with Gasteiger partial charge in [0, 0.05) is 55.1 Å². The van der Waals surface area contributed by atoms with Gasteiger partial charge in [0.15, 0.2) is 5.76 Å². The Kier molecular flexibility index (Phi) is 8.01. The highest BCUT2D eigenvalue weighted by Gasteiger charge is 2.32. The molecule has 39 heavy (non-hydrogen) atoms. The maximum Gasteiger partial charge on any atom is 0.238 e. The lowest BCUT2D eigenvalue weighted by atomic mass is 9.87. The number of benzene rings is 2. The summed E-state index contributed by atoms with van der Waals surface area (Å²) in [4.78, 5) is 8.95. The molecule has 5 rings (SSSR count). The number of nitrogens with zero attached hydrogens (tertiary/aromatic N) is 2. The Labute approximate surface area is 227 Å². The average molecular weight is 548 g/mol. The lowest BCUT2D eigenvalue weighted by Crippen LogP contribution is -2.33. The van der Waals surface area contributed by atoms with Gasteiger partial charge in [-0.2, -0.15) is 0 Å². The number of hydrogen-bond donors (Lipinski definition) is 2. The van der Waals surface area contributed by atoms with Crippen molar-refractivity contribution >= 4 is 16.1 Å². The molecule has 3 heterocycles. The van der Waals surface area contributed by atoms with E-state index in [9.17, 15) is 13.5 Å². The van der Waals surface area contributed by atoms with Crippen molar-refractivity contribution in [3.8, 4) is 22.6 Å². The minimum atomic E-state index is -3.80. The Balaban J connectivity index is 1.28. The third-order valence-corrected chi connectivity index (χ3v) is 7.46. The Hall–Kier alpha value is -3.67. The third-order valence-electron chi connectivity index (χ3n) is 6.53. The van der Waals surface area contributed by atoms with Gasteiger partial charge in [0.25, 0.3) is 0 Å². The van der Waals surface area contributed by atoms with Crippen molar-refractivity contribution in [1.29, 1.82) is 0 Å². The van der Waals surface area contributed by atoms with Gasteiger partial charge in [-0.15, -0.1) is 0 Å². The Bertz CT molecular complexity index is 1540. The zero-order valence-electron chi connectivity index (χ0n) is 21.2. The molecular weight excluding hydrogens is 518 g/mol. The van der Waals surface area contributed by atoms with Crippen LogP contribution in [-0.4, -0.2) is 43.3 Å². The summed E-state index contributed by atoms with van der Waals surface area (Å²) < 4.78 is 40.5. The fourth-order valence-electron chi connectivity index (χ4n) is 4.40. The maximum absolute atomic E-state index is 11.6. The lowest BCUT2D eigenvalue weighted by molar-refractivity contribution is -0.0681. The summed E-state index contributed by atoms with van der Waals surface area (Å²) in [7, 11) is -3.80. The van der Waals surface area contributed by atoms with Gasteiger partial charge in [0.1, 0.15) is 5.69 Å². The van der Waals surface area contributed by atoms with Crippen molar-refractivity contribution in [2.24, 2.45) is 5.14 Å². The molecule has 0 aliphatic carbocycles. The fourth-order valence-corrected chi connectivity index (χ4v) is 4.92. The molecule has 9 nitrogen and oxygen atoms in total. The summed E-state index contributed by atoms with van der Waals surface area (Å²) in [6.07, 6.45) is 8.04. The second-order valence-electron chi connectivity index (χ2n) is 9.31. The summed E-state index contributed by atoms with van der Waals surface area (Å²) in [5.41, 5.74) is 2.89. The van der Waals surface area contributed by atoms with E-state index in [0.29, 0.717) is 62.2 Å². The molecule has 3 N–H and O–H groups in total. The molecule has 0 unspecified atom stereocenters. The fraction of sp³-hybridized carbons (Fsp3) is 0.241. The Morgan fingerprint density at radius 3 is 2.49 bits per heavy atom. The summed E-state index contributed by atoms with van der Waals surface area (Å²) in [5, 5.41) is 16.2. The van der Waals surface area contributed by atoms with E-state index in [2.05, 4.69) is 9.97 Å². The molecule has 0 saturated carbocycles. The number of rotatable bonds is 9. The van der Waals surface area contributed by atoms with Gasteiger partial charge in [-0.05, 0) is 42.0 Å². The summed E-state index contributed by atoms with van der Waals surface area (Å²) >= 11 is 0. The van der Waals surface area contributed by atoms with Crippen LogP contribution in [-0.2, 0) is 31.7 Å². The first-order valence-electron chi connectivity index (χ1n) is 12.5. The molecule has 1 fully saturated rings. The van der Waals surface area contributed by atoms with Crippen LogP contribution in [0, 0.1) is 0 Å². The maximum atomic E-state index is 11.6. The molecule has 0 atom stereocenters. The van der Waals surface area contributed by atoms with Gasteiger partial charge in [0.05, 0.1) is 23.7 Å². The van der Waals surface area contributed by atoms with E-state index >= 15 is 0 Å². The van der Waals surface area contributed by atoms with Crippen LogP contribution in [0.25, 0.3) is 28.7 Å². The van der Waals surface area contributed by atoms with Crippen LogP contribution in [0.5, 0.6) is 0 Å². The number of aliphatic hydroxyl groups is 1. The van der Waals surface area contributed by atoms with Crippen molar-refractivity contribution in [2.75, 3.05) is 19.8 Å². The molecule has 1 saturated heterocycles. The molecule has 2 aromatic carbocycles. The monoisotopic (exact) mass is 547 g/mol. The molecule has 1 aliphatic rings. The standard InChI is InChI=1S/C29H29N3O6S/c30-39(34,35)25-10-8-23(9-11-25)28-27(22-5-2-1-3-6-22)32-26(38-28)7-4-14-37-20-21-17-24(19-31-18-21)29(33)12-15-36-16-13-29/h1-11,17-19,33H,12-16,20H2,(H2,30,34,35)/b7-4-. The highest BCUT2D eigenvalue weighted by molar-refractivity contribution is 7.89. The van der Waals surface area contributed by atoms with Crippen molar-refractivity contribution in [3.63, 3.8) is 0 Å². The van der Waals surface area contributed by atoms with E-state index in [1.54, 1.807) is 36.7 Å². The van der Waals surface area contributed by atoms with Crippen LogP contribution in [0.15, 0.2) is 88.4 Å². The summed E-state index contributed by atoms with van der Waals surface area (Å²) in [5.74, 6) is 0.894. The van der Waals surface area contributed by atoms with E-state index in [1.807, 2.05) is 36.4 Å². The van der Waals surface area contributed by atoms with Gasteiger partial charge < -0.3 is 19.0 Å². The van der Waals surface area contributed by atoms with Crippen LogP contribution in [0.1, 0.15) is 29.9 Å². The number of sulfonamides is 1. The van der Waals surface area contributed by atoms with Crippen molar-refractivity contribution in [3.05, 3.63) is 96.2 Å². The van der Waals surface area contributed by atoms with Crippen molar-refractivity contribution in [2.45, 2.75) is 29.9 Å². The molecule has 0 spiro atoms. The number of nitrogens with two attached hydrogens (primary N) is 1. The molecule has 0 radical (unpaired) electrons. The van der Waals surface area contributed by atoms with E-state index in [1.165, 1.54) is 12.1 Å². The second kappa shape index (κ2) is 11.6. The average Bonchev–Trinajstić information content (AvgIpc) is 3.38. The molecule has 1 aliphatic heterocycles. The first-order valence-corrected chi connectivity index (χ1v) is 14.0. The normalized spacial score (nSPS) is 15.5. The van der Waals surface area contributed by atoms with Crippen LogP contribution in [0.4, 0.5) is 0 Å². The number of ether oxygens (including phenoxy) is 2. The number of aromatic nitrogens is 2. The molecule has 10 heteroatoms. The van der Waals surface area contributed by atoms with Gasteiger partial charge in [-0.1, -0.05) is 36.4 Å². The van der Waals surface area contributed by atoms with E-state index in [0.717, 1.165) is 16.7 Å². The topological polar surface area (TPSA) is 138 Å². The smallest absolute Gasteiger partial charge is 0.238 e. The molecule has 0 amide bonds. The van der Waals surface area contributed by atoms with Crippen LogP contribution < -0.4 is 5.14 Å². The lowest BCUT2D eigenvalue weighted by Gasteiger charge is -2.32. The first kappa shape index (κ1) is 26.9. The molecular formula is C29H29N3O6S. The van der Waals surface area contributed by atoms with Crippen LogP contribution in [0.2, 0.25) is 0 Å². The Morgan fingerprint density at radius 2 is 1.77 bits per heavy atom. The number of pyridine rings is 1. The number of primary sulfonamides is 1. The highest BCUT2D eigenvalue weighted by Crippen LogP contribution is 2.34. The molecule has 2 aromatic heterocycles. The van der Waals surface area contributed by atoms with E-state index in [4.69, 9.17) is 19.0 Å². The Morgan fingerprint density at radius 1 is 1.03 bits per heavy atom. The molecule has 4 aromatic rings. The first-order chi connectivity index (χ1) is 18.8. The zero-order valence-corrected chi connectivity index (χ0v) is 22.0. The summed E-state index contributed by atoms with van der Waals surface area (Å²) in [6, 6.07) is 17.7. The van der Waals surface area contributed by atoms with Crippen molar-refractivity contribution < 1.29 is 27.4 Å². The minimum Gasteiger partial charge on any atom is -0.436 e. The molecule has 202 valence electrons. The molecule has 0 bridgehead atoms. The van der Waals surface area contributed by atoms with E-state index < -0.39 is 15.6 Å². The number of hydrogen-bond acceptors (Lipinski definition) is 8. The van der Waals surface area contributed by atoms with Crippen LogP contribution in [0.3, 0.4) is 0 Å². The predicted molar refractivity (Wildman–Crippen MR) is 146 cm³/mol. The third kappa shape index (κ3) is 6.49. The second-order valence-corrected chi connectivity index (χ2v) is 10.9. The summed E-state index contributed by atoms with van der Waals surface area (Å²) in [6.45, 7) is 1.69. The van der Waals surface area contributed by atoms with Gasteiger partial charge in [-0.25, -0.2) is 18.5 Å². The van der Waals surface area contributed by atoms with Gasteiger partial charge in [0.2, 0.25) is 15.9 Å². The SMILES string of the molecule is NS(=O)(=O)c1ccc(-c2oc(/C=C\COCc3cncc(C4(O)CCOCC4)c3)nc2-c2ccccc2)cc1. The largest absolute Gasteiger partial charge is 0.436 e. The predicted octanol–water partition coefficient (Wildman–Crippen LogP) is 4.28.